The quantitative estimate of drug-likeness (QED) is 0.583. The van der Waals surface area contributed by atoms with Crippen molar-refractivity contribution in [3.8, 4) is 23.3 Å². The number of carboxylic acids is 2. The van der Waals surface area contributed by atoms with E-state index in [1.54, 1.807) is 31.4 Å². The van der Waals surface area contributed by atoms with Gasteiger partial charge in [-0.3, -0.25) is 0 Å². The number of methoxy groups -OCH3 is 1. The molecule has 0 saturated carbocycles. The van der Waals surface area contributed by atoms with Gasteiger partial charge in [0.15, 0.2) is 0 Å². The Balaban J connectivity index is 0.000000447. The third kappa shape index (κ3) is 8.34. The Morgan fingerprint density at radius 2 is 1.79 bits per heavy atom. The van der Waals surface area contributed by atoms with Gasteiger partial charge in [-0.2, -0.15) is 5.26 Å². The standard InChI is InChI=1S/C16H15ClN2O2.C4H4O4/c1-19-10-12-7-14(5-6-15(12)20-2)21-16-8-13(17)4-3-11(16)9-18;5-3(6)1-2-4(7)8/h3-8,19H,10H2,1-2H3;1-2H,(H,5,6)(H,7,8). The number of aliphatic carboxylic acids is 2. The zero-order chi connectivity index (χ0) is 21.8. The van der Waals surface area contributed by atoms with Gasteiger partial charge in [0.2, 0.25) is 0 Å². The summed E-state index contributed by atoms with van der Waals surface area (Å²) in [6.07, 6.45) is 1.12. The SMILES string of the molecule is CNCc1cc(Oc2cc(Cl)ccc2C#N)ccc1OC.O=C(O)C=CC(=O)O. The van der Waals surface area contributed by atoms with Gasteiger partial charge in [-0.1, -0.05) is 11.6 Å². The monoisotopic (exact) mass is 418 g/mol. The lowest BCUT2D eigenvalue weighted by Crippen LogP contribution is -2.06. The summed E-state index contributed by atoms with van der Waals surface area (Å²) in [5.41, 5.74) is 1.41. The highest BCUT2D eigenvalue weighted by Crippen LogP contribution is 2.31. The number of nitrogens with zero attached hydrogens (tertiary/aromatic N) is 1. The molecule has 0 aromatic heterocycles. The van der Waals surface area contributed by atoms with Crippen molar-refractivity contribution in [1.29, 1.82) is 5.26 Å². The molecule has 0 fully saturated rings. The molecule has 2 aromatic carbocycles. The number of carboxylic acid groups (broad SMARTS) is 2. The van der Waals surface area contributed by atoms with Gasteiger partial charge >= 0.3 is 11.9 Å². The number of hydrogen-bond acceptors (Lipinski definition) is 6. The van der Waals surface area contributed by atoms with E-state index >= 15 is 0 Å². The third-order valence-corrected chi connectivity index (χ3v) is 3.51. The number of nitrogens with one attached hydrogen (secondary N) is 1. The molecular weight excluding hydrogens is 400 g/mol. The van der Waals surface area contributed by atoms with Crippen molar-refractivity contribution in [3.63, 3.8) is 0 Å². The van der Waals surface area contributed by atoms with Crippen LogP contribution in [0.25, 0.3) is 0 Å². The summed E-state index contributed by atoms with van der Waals surface area (Å²) in [5, 5.41) is 28.3. The Labute approximate surface area is 172 Å². The summed E-state index contributed by atoms with van der Waals surface area (Å²) < 4.78 is 11.1. The first-order valence-electron chi connectivity index (χ1n) is 8.13. The molecule has 0 unspecified atom stereocenters. The summed E-state index contributed by atoms with van der Waals surface area (Å²) in [4.78, 5) is 19.1. The molecule has 0 aliphatic heterocycles. The van der Waals surface area contributed by atoms with E-state index in [1.807, 2.05) is 19.2 Å². The van der Waals surface area contributed by atoms with Gasteiger partial charge in [-0.15, -0.1) is 0 Å². The molecule has 0 aliphatic carbocycles. The molecule has 9 heteroatoms. The lowest BCUT2D eigenvalue weighted by Gasteiger charge is -2.12. The van der Waals surface area contributed by atoms with Crippen LogP contribution in [0.1, 0.15) is 11.1 Å². The smallest absolute Gasteiger partial charge is 0.328 e. The molecule has 2 aromatic rings. The average molecular weight is 419 g/mol. The highest BCUT2D eigenvalue weighted by atomic mass is 35.5. The second-order valence-corrected chi connectivity index (χ2v) is 5.80. The number of benzene rings is 2. The van der Waals surface area contributed by atoms with Crippen LogP contribution in [0.4, 0.5) is 0 Å². The van der Waals surface area contributed by atoms with Gasteiger partial charge in [0.1, 0.15) is 23.3 Å². The van der Waals surface area contributed by atoms with E-state index in [-0.39, 0.29) is 0 Å². The number of halogens is 1. The fraction of sp³-hybridized carbons (Fsp3) is 0.150. The second kappa shape index (κ2) is 12.0. The Bertz CT molecular complexity index is 921. The van der Waals surface area contributed by atoms with Crippen LogP contribution >= 0.6 is 11.6 Å². The maximum atomic E-state index is 9.55. The van der Waals surface area contributed by atoms with Gasteiger partial charge in [0.25, 0.3) is 0 Å². The maximum Gasteiger partial charge on any atom is 0.328 e. The molecule has 152 valence electrons. The Hall–Kier alpha value is -3.54. The molecule has 29 heavy (non-hydrogen) atoms. The fourth-order valence-electron chi connectivity index (χ4n) is 2.09. The topological polar surface area (TPSA) is 129 Å². The molecule has 0 spiro atoms. The lowest BCUT2D eigenvalue weighted by atomic mass is 10.2. The van der Waals surface area contributed by atoms with Crippen LogP contribution < -0.4 is 14.8 Å². The maximum absolute atomic E-state index is 9.55. The van der Waals surface area contributed by atoms with E-state index in [2.05, 4.69) is 11.4 Å². The second-order valence-electron chi connectivity index (χ2n) is 5.37. The number of nitriles is 1. The first-order valence-corrected chi connectivity index (χ1v) is 8.51. The number of carbonyl (C=O) groups is 2. The predicted molar refractivity (Wildman–Crippen MR) is 106 cm³/mol. The first kappa shape index (κ1) is 23.5. The normalized spacial score (nSPS) is 9.86. The molecular formula is C20H19ClN2O6. The Morgan fingerprint density at radius 3 is 2.31 bits per heavy atom. The van der Waals surface area contributed by atoms with Crippen LogP contribution in [-0.4, -0.2) is 36.3 Å². The fourth-order valence-corrected chi connectivity index (χ4v) is 2.25. The summed E-state index contributed by atoms with van der Waals surface area (Å²) in [5.74, 6) is -0.673. The molecule has 0 saturated heterocycles. The predicted octanol–water partition coefficient (Wildman–Crippen LogP) is 3.44. The molecule has 8 nitrogen and oxygen atoms in total. The van der Waals surface area contributed by atoms with Crippen molar-refractivity contribution in [2.75, 3.05) is 14.2 Å². The zero-order valence-corrected chi connectivity index (χ0v) is 16.4. The van der Waals surface area contributed by atoms with E-state index in [0.29, 0.717) is 40.8 Å². The summed E-state index contributed by atoms with van der Waals surface area (Å²) >= 11 is 5.95. The minimum Gasteiger partial charge on any atom is -0.496 e. The average Bonchev–Trinajstić information content (AvgIpc) is 2.68. The highest BCUT2D eigenvalue weighted by Gasteiger charge is 2.09. The van der Waals surface area contributed by atoms with Crippen molar-refractivity contribution in [1.82, 2.24) is 5.32 Å². The van der Waals surface area contributed by atoms with Crippen molar-refractivity contribution >= 4 is 23.5 Å². The third-order valence-electron chi connectivity index (χ3n) is 3.28. The van der Waals surface area contributed by atoms with Crippen molar-refractivity contribution in [3.05, 3.63) is 64.7 Å². The number of rotatable bonds is 7. The van der Waals surface area contributed by atoms with E-state index in [0.717, 1.165) is 11.3 Å². The van der Waals surface area contributed by atoms with Crippen LogP contribution in [-0.2, 0) is 16.1 Å². The van der Waals surface area contributed by atoms with Crippen LogP contribution in [0.15, 0.2) is 48.6 Å². The lowest BCUT2D eigenvalue weighted by molar-refractivity contribution is -0.134. The summed E-state index contributed by atoms with van der Waals surface area (Å²) in [6.45, 7) is 0.654. The van der Waals surface area contributed by atoms with E-state index in [4.69, 9.17) is 36.5 Å². The van der Waals surface area contributed by atoms with Crippen molar-refractivity contribution in [2.45, 2.75) is 6.54 Å². The van der Waals surface area contributed by atoms with Crippen LogP contribution in [0, 0.1) is 11.3 Å². The largest absolute Gasteiger partial charge is 0.496 e. The first-order chi connectivity index (χ1) is 13.8. The molecule has 0 heterocycles. The Kier molecular flexibility index (Phi) is 9.74. The van der Waals surface area contributed by atoms with Crippen LogP contribution in [0.5, 0.6) is 17.2 Å². The molecule has 0 amide bonds. The molecule has 0 atom stereocenters. The van der Waals surface area contributed by atoms with E-state index in [9.17, 15) is 9.59 Å². The minimum absolute atomic E-state index is 0.436. The minimum atomic E-state index is -1.26. The molecule has 0 radical (unpaired) electrons. The molecule has 3 N–H and O–H groups in total. The van der Waals surface area contributed by atoms with Gasteiger partial charge in [0.05, 0.1) is 12.7 Å². The molecule has 0 aliphatic rings. The number of hydrogen-bond donors (Lipinski definition) is 3. The van der Waals surface area contributed by atoms with E-state index < -0.39 is 11.9 Å². The molecule has 2 rings (SSSR count). The Morgan fingerprint density at radius 1 is 1.14 bits per heavy atom. The van der Waals surface area contributed by atoms with Crippen LogP contribution in [0.2, 0.25) is 5.02 Å². The zero-order valence-electron chi connectivity index (χ0n) is 15.7. The van der Waals surface area contributed by atoms with Gasteiger partial charge < -0.3 is 25.0 Å². The van der Waals surface area contributed by atoms with Gasteiger partial charge in [0, 0.05) is 35.3 Å². The highest BCUT2D eigenvalue weighted by molar-refractivity contribution is 6.30. The van der Waals surface area contributed by atoms with Crippen molar-refractivity contribution in [2.24, 2.45) is 0 Å². The van der Waals surface area contributed by atoms with Gasteiger partial charge in [-0.05, 0) is 37.4 Å². The van der Waals surface area contributed by atoms with Gasteiger partial charge in [-0.25, -0.2) is 9.59 Å². The van der Waals surface area contributed by atoms with Crippen LogP contribution in [0.3, 0.4) is 0 Å². The summed E-state index contributed by atoms with van der Waals surface area (Å²) in [7, 11) is 3.48. The van der Waals surface area contributed by atoms with Crippen molar-refractivity contribution < 1.29 is 29.3 Å². The molecule has 0 bridgehead atoms. The summed E-state index contributed by atoms with van der Waals surface area (Å²) in [6, 6.07) is 12.5. The van der Waals surface area contributed by atoms with E-state index in [1.165, 1.54) is 0 Å². The number of ether oxygens (including phenoxy) is 2.